The fourth-order valence-electron chi connectivity index (χ4n) is 7.72. The van der Waals surface area contributed by atoms with Crippen molar-refractivity contribution in [2.75, 3.05) is 30.5 Å². The number of thioether (sulfide) groups is 1. The van der Waals surface area contributed by atoms with Gasteiger partial charge in [0.15, 0.2) is 35.4 Å². The number of carboxylic acid groups (broad SMARTS) is 1. The number of aliphatic carboxylic acids is 1. The first-order valence-electron chi connectivity index (χ1n) is 17.6. The van der Waals surface area contributed by atoms with E-state index in [9.17, 15) is 43.7 Å². The lowest BCUT2D eigenvalue weighted by molar-refractivity contribution is -0.133. The molecule has 0 saturated heterocycles. The van der Waals surface area contributed by atoms with Crippen LogP contribution in [0, 0.1) is 23.3 Å². The van der Waals surface area contributed by atoms with Gasteiger partial charge in [0.1, 0.15) is 10.6 Å². The summed E-state index contributed by atoms with van der Waals surface area (Å²) in [6, 6.07) is 10.2. The summed E-state index contributed by atoms with van der Waals surface area (Å²) in [7, 11) is -11.4. The Hall–Kier alpha value is -4.64. The van der Waals surface area contributed by atoms with Crippen LogP contribution in [0.4, 0.5) is 23.2 Å². The summed E-state index contributed by atoms with van der Waals surface area (Å²) < 4.78 is 170. The Morgan fingerprint density at radius 2 is 1.40 bits per heavy atom. The van der Waals surface area contributed by atoms with E-state index in [4.69, 9.17) is 5.11 Å². The molecule has 0 atom stereocenters. The molecule has 2 aliphatic rings. The van der Waals surface area contributed by atoms with Crippen LogP contribution < -0.4 is 20.1 Å². The number of nitrogens with zero attached hydrogens (tertiary/aromatic N) is 2. The Balaban J connectivity index is 1.83. The molecule has 4 aromatic rings. The fourth-order valence-corrected chi connectivity index (χ4v) is 10.4. The summed E-state index contributed by atoms with van der Waals surface area (Å²) in [6.45, 7) is 6.26. The molecule has 320 valence electrons. The lowest BCUT2D eigenvalue weighted by Crippen LogP contribution is -2.51. The molecular weight excluding hydrogens is 877 g/mol. The molecule has 0 saturated carbocycles. The molecule has 4 aromatic carbocycles. The van der Waals surface area contributed by atoms with E-state index in [0.29, 0.717) is 17.3 Å². The third-order valence-electron chi connectivity index (χ3n) is 10.5. The average molecular weight is 914 g/mol. The molecule has 1 aliphatic heterocycles. The van der Waals surface area contributed by atoms with Crippen LogP contribution in [0.2, 0.25) is 0 Å². The number of halogens is 4. The predicted octanol–water partition coefficient (Wildman–Crippen LogP) is 4.62. The first kappa shape index (κ1) is 44.9. The zero-order valence-electron chi connectivity index (χ0n) is 32.5. The first-order chi connectivity index (χ1) is 27.5. The molecule has 13 nitrogen and oxygen atoms in total. The van der Waals surface area contributed by atoms with Gasteiger partial charge in [-0.25, -0.2) is 22.1 Å². The van der Waals surface area contributed by atoms with Crippen molar-refractivity contribution >= 4 is 64.9 Å². The second-order valence-electron chi connectivity index (χ2n) is 15.5. The number of carbonyl (C=O) groups is 1. The Morgan fingerprint density at radius 1 is 0.783 bits per heavy atom. The summed E-state index contributed by atoms with van der Waals surface area (Å²) in [4.78, 5) is 10.0. The van der Waals surface area contributed by atoms with Crippen LogP contribution in [0.3, 0.4) is 0 Å². The maximum Gasteiger partial charge on any atom is 0.313 e. The van der Waals surface area contributed by atoms with Crippen LogP contribution in [0.15, 0.2) is 69.3 Å². The van der Waals surface area contributed by atoms with Crippen molar-refractivity contribution in [1.82, 2.24) is 4.58 Å². The van der Waals surface area contributed by atoms with Crippen molar-refractivity contribution in [3.8, 4) is 0 Å². The summed E-state index contributed by atoms with van der Waals surface area (Å²) in [5.74, 6) is -10.8. The lowest BCUT2D eigenvalue weighted by atomic mass is 9.68. The molecule has 60 heavy (non-hydrogen) atoms. The normalized spacial score (nSPS) is 15.8. The van der Waals surface area contributed by atoms with Gasteiger partial charge in [-0.05, 0) is 70.0 Å². The van der Waals surface area contributed by atoms with Crippen molar-refractivity contribution in [3.05, 3.63) is 122 Å². The minimum atomic E-state index is -5.16. The number of hydrogen-bond donors (Lipinski definition) is 4. The maximum absolute atomic E-state index is 16.5. The molecule has 0 bridgehead atoms. The van der Waals surface area contributed by atoms with Crippen molar-refractivity contribution in [3.63, 3.8) is 0 Å². The van der Waals surface area contributed by atoms with Gasteiger partial charge in [-0.15, -0.1) is 11.8 Å². The Morgan fingerprint density at radius 3 is 1.93 bits per heavy atom. The van der Waals surface area contributed by atoms with E-state index in [1.54, 1.807) is 63.4 Å². The standard InChI is InChI=1S/C39H36F4N2O11S4/c1-38(2)15-20(18-58(48,49)50)24-13-25-27(14-28(24)45(38)16-19-7-9-22(59(51,52)53)12-29(19)60(54,55)56)39(3,4)26-11-21(44(5)6)8-10-23(26)31(25)32-33(40)35(42)37(36(43)34(32)41)57-17-30(46)47/h7-15H,16-18H2,1-6H3,(H3-,46,47,48,49,50,51,52,53,54,55,56)/p+1. The fraction of sp³-hybridized carbons (Fsp3) is 0.282. The van der Waals surface area contributed by atoms with Gasteiger partial charge >= 0.3 is 5.97 Å². The molecule has 0 unspecified atom stereocenters. The van der Waals surface area contributed by atoms with E-state index in [1.165, 1.54) is 24.3 Å². The number of rotatable bonds is 11. The maximum atomic E-state index is 16.5. The summed E-state index contributed by atoms with van der Waals surface area (Å²) in [5.41, 5.74) is -2.70. The van der Waals surface area contributed by atoms with Crippen LogP contribution in [0.25, 0.3) is 11.1 Å². The SMILES string of the molecule is CN(C)c1ccc2c(c1)C(C)(C)c1cc3c(cc1=C2c1c(F)c(F)c(SCC(=O)O)c(F)c1F)C(CS(=O)(=O)O)=CC(C)(C)[N+]=3Cc1ccc(S(=O)(=O)O)cc1S(=O)(=O)O. The van der Waals surface area contributed by atoms with Crippen LogP contribution in [-0.2, 0) is 47.1 Å². The van der Waals surface area contributed by atoms with Gasteiger partial charge in [-0.2, -0.15) is 25.3 Å². The third-order valence-corrected chi connectivity index (χ3v) is 14.0. The first-order valence-corrected chi connectivity index (χ1v) is 23.0. The van der Waals surface area contributed by atoms with Crippen LogP contribution >= 0.6 is 11.8 Å². The minimum Gasteiger partial charge on any atom is -0.481 e. The lowest BCUT2D eigenvalue weighted by Gasteiger charge is -2.36. The van der Waals surface area contributed by atoms with E-state index in [0.717, 1.165) is 12.1 Å². The van der Waals surface area contributed by atoms with E-state index in [-0.39, 0.29) is 55.7 Å². The second kappa shape index (κ2) is 15.1. The van der Waals surface area contributed by atoms with Crippen LogP contribution in [0.5, 0.6) is 0 Å². The zero-order chi connectivity index (χ0) is 44.8. The molecule has 4 N–H and O–H groups in total. The number of benzene rings is 4. The smallest absolute Gasteiger partial charge is 0.313 e. The molecule has 0 fully saturated rings. The van der Waals surface area contributed by atoms with E-state index in [2.05, 4.69) is 0 Å². The number of anilines is 1. The highest BCUT2D eigenvalue weighted by molar-refractivity contribution is 8.00. The van der Waals surface area contributed by atoms with Crippen LogP contribution in [0.1, 0.15) is 61.1 Å². The summed E-state index contributed by atoms with van der Waals surface area (Å²) >= 11 is 0.0374. The molecule has 21 heteroatoms. The largest absolute Gasteiger partial charge is 0.481 e. The highest BCUT2D eigenvalue weighted by Crippen LogP contribution is 2.44. The molecule has 0 radical (unpaired) electrons. The van der Waals surface area contributed by atoms with Gasteiger partial charge in [0.05, 0.1) is 26.7 Å². The minimum absolute atomic E-state index is 0.00529. The number of carboxylic acids is 1. The number of fused-ring (bicyclic) bond motifs is 3. The highest BCUT2D eigenvalue weighted by atomic mass is 32.2. The van der Waals surface area contributed by atoms with Gasteiger partial charge in [-0.3, -0.25) is 18.5 Å². The van der Waals surface area contributed by atoms with E-state index in [1.807, 2.05) is 0 Å². The molecule has 0 aromatic heterocycles. The predicted molar refractivity (Wildman–Crippen MR) is 214 cm³/mol. The third kappa shape index (κ3) is 8.10. The molecule has 0 amide bonds. The Kier molecular flexibility index (Phi) is 11.3. The molecule has 1 aliphatic carbocycles. The van der Waals surface area contributed by atoms with E-state index < -0.39 is 109 Å². The molecule has 1 heterocycles. The molecule has 6 rings (SSSR count). The number of hydrogen-bond acceptors (Lipinski definition) is 9. The van der Waals surface area contributed by atoms with Crippen LogP contribution in [-0.4, -0.2) is 81.1 Å². The summed E-state index contributed by atoms with van der Waals surface area (Å²) in [5, 5.41) is 9.23. The van der Waals surface area contributed by atoms with Gasteiger partial charge in [-0.1, -0.05) is 19.9 Å². The van der Waals surface area contributed by atoms with Crippen molar-refractivity contribution in [2.45, 2.75) is 59.9 Å². The zero-order valence-corrected chi connectivity index (χ0v) is 35.8. The van der Waals surface area contributed by atoms with Crippen molar-refractivity contribution < 1.29 is 66.4 Å². The molecular formula is C39H37F4N2O11S4+. The van der Waals surface area contributed by atoms with Gasteiger partial charge in [0.2, 0.25) is 5.36 Å². The topological polar surface area (TPSA) is 207 Å². The van der Waals surface area contributed by atoms with Gasteiger partial charge in [0, 0.05) is 56.2 Å². The van der Waals surface area contributed by atoms with Gasteiger partial charge in [0.25, 0.3) is 30.4 Å². The Bertz CT molecular complexity index is 3050. The quantitative estimate of drug-likeness (QED) is 0.0534. The van der Waals surface area contributed by atoms with Gasteiger partial charge < -0.3 is 10.0 Å². The monoisotopic (exact) mass is 913 g/mol. The Labute approximate surface area is 346 Å². The average Bonchev–Trinajstić information content (AvgIpc) is 3.11. The van der Waals surface area contributed by atoms with Crippen molar-refractivity contribution in [1.29, 1.82) is 0 Å². The molecule has 0 spiro atoms. The van der Waals surface area contributed by atoms with Crippen molar-refractivity contribution in [2.24, 2.45) is 0 Å². The summed E-state index contributed by atoms with van der Waals surface area (Å²) in [6.07, 6.45) is 1.41. The highest BCUT2D eigenvalue weighted by Gasteiger charge is 2.42. The van der Waals surface area contributed by atoms with E-state index >= 15 is 17.6 Å². The second-order valence-corrected chi connectivity index (χ2v) is 20.8.